The van der Waals surface area contributed by atoms with Crippen LogP contribution in [-0.4, -0.2) is 21.7 Å². The summed E-state index contributed by atoms with van der Waals surface area (Å²) >= 11 is 0. The van der Waals surface area contributed by atoms with E-state index >= 15 is 0 Å². The Labute approximate surface area is 84.3 Å². The molecule has 0 amide bonds. The van der Waals surface area contributed by atoms with Crippen molar-refractivity contribution in [1.29, 1.82) is 0 Å². The first-order valence-corrected chi connectivity index (χ1v) is 5.79. The number of nitrogen functional groups attached to an aromatic ring is 1. The second kappa shape index (κ2) is 6.36. The Bertz CT molecular complexity index is 337. The zero-order chi connectivity index (χ0) is 11.0. The molecule has 0 radical (unpaired) electrons. The van der Waals surface area contributed by atoms with Gasteiger partial charge in [0, 0.05) is 5.69 Å². The largest absolute Gasteiger partial charge is 0.324 e. The van der Waals surface area contributed by atoms with Crippen molar-refractivity contribution in [3.63, 3.8) is 0 Å². The molecule has 0 saturated carbocycles. The molecular formula is C8H15N3O2S. The van der Waals surface area contributed by atoms with Gasteiger partial charge < -0.3 is 5.43 Å². The van der Waals surface area contributed by atoms with Crippen LogP contribution in [0.3, 0.4) is 0 Å². The topological polar surface area (TPSA) is 84.2 Å². The Balaban J connectivity index is 0.000000255. The lowest BCUT2D eigenvalue weighted by Gasteiger charge is -1.94. The quantitative estimate of drug-likeness (QED) is 0.486. The molecule has 0 aliphatic carbocycles. The summed E-state index contributed by atoms with van der Waals surface area (Å²) in [5, 5.41) is 0. The molecule has 14 heavy (non-hydrogen) atoms. The molecule has 0 saturated heterocycles. The van der Waals surface area contributed by atoms with Crippen LogP contribution in [0.5, 0.6) is 0 Å². The van der Waals surface area contributed by atoms with Gasteiger partial charge in [0.05, 0.1) is 6.26 Å². The fourth-order valence-electron chi connectivity index (χ4n) is 0.534. The van der Waals surface area contributed by atoms with Crippen LogP contribution in [0.15, 0.2) is 30.3 Å². The van der Waals surface area contributed by atoms with Gasteiger partial charge in [0.15, 0.2) is 0 Å². The van der Waals surface area contributed by atoms with Crippen molar-refractivity contribution >= 4 is 15.7 Å². The zero-order valence-electron chi connectivity index (χ0n) is 8.19. The van der Waals surface area contributed by atoms with Gasteiger partial charge >= 0.3 is 0 Å². The molecule has 0 aliphatic rings. The van der Waals surface area contributed by atoms with Crippen molar-refractivity contribution in [2.75, 3.05) is 18.7 Å². The fourth-order valence-corrected chi connectivity index (χ4v) is 0.534. The number of nitrogens with two attached hydrogens (primary N) is 1. The maximum atomic E-state index is 9.89. The number of hydrogen-bond donors (Lipinski definition) is 3. The van der Waals surface area contributed by atoms with Crippen LogP contribution in [0.1, 0.15) is 0 Å². The fraction of sp³-hybridized carbons (Fsp3) is 0.250. The minimum Gasteiger partial charge on any atom is -0.324 e. The van der Waals surface area contributed by atoms with E-state index in [0.717, 1.165) is 11.9 Å². The first-order chi connectivity index (χ1) is 6.49. The third-order valence-corrected chi connectivity index (χ3v) is 2.05. The molecule has 5 nitrogen and oxygen atoms in total. The second-order valence-corrected chi connectivity index (χ2v) is 4.44. The number of anilines is 1. The number of hydrogen-bond acceptors (Lipinski definition) is 4. The first kappa shape index (κ1) is 12.9. The lowest BCUT2D eigenvalue weighted by atomic mass is 10.3. The highest BCUT2D eigenvalue weighted by Crippen LogP contribution is 2.00. The predicted molar refractivity (Wildman–Crippen MR) is 58.2 cm³/mol. The summed E-state index contributed by atoms with van der Waals surface area (Å²) < 4.78 is 21.9. The highest BCUT2D eigenvalue weighted by atomic mass is 32.2. The molecule has 1 aromatic carbocycles. The Morgan fingerprint density at radius 3 is 1.86 bits per heavy atom. The Morgan fingerprint density at radius 1 is 1.21 bits per heavy atom. The normalized spacial score (nSPS) is 9.93. The summed E-state index contributed by atoms with van der Waals surface area (Å²) in [4.78, 5) is 0. The highest BCUT2D eigenvalue weighted by Gasteiger charge is 1.88. The second-order valence-electron chi connectivity index (χ2n) is 2.49. The van der Waals surface area contributed by atoms with Crippen LogP contribution in [0.25, 0.3) is 0 Å². The molecule has 0 spiro atoms. The smallest absolute Gasteiger partial charge is 0.208 e. The van der Waals surface area contributed by atoms with E-state index in [9.17, 15) is 8.42 Å². The molecule has 0 bridgehead atoms. The Hall–Kier alpha value is -1.11. The van der Waals surface area contributed by atoms with Gasteiger partial charge in [0.2, 0.25) is 10.0 Å². The average molecular weight is 217 g/mol. The Morgan fingerprint density at radius 2 is 1.64 bits per heavy atom. The van der Waals surface area contributed by atoms with Crippen LogP contribution < -0.4 is 16.0 Å². The van der Waals surface area contributed by atoms with Gasteiger partial charge in [-0.3, -0.25) is 5.84 Å². The molecular weight excluding hydrogens is 202 g/mol. The lowest BCUT2D eigenvalue weighted by Crippen LogP contribution is -2.15. The zero-order valence-corrected chi connectivity index (χ0v) is 9.01. The van der Waals surface area contributed by atoms with Crippen molar-refractivity contribution in [3.8, 4) is 0 Å². The lowest BCUT2D eigenvalue weighted by molar-refractivity contribution is 0.594. The number of benzene rings is 1. The van der Waals surface area contributed by atoms with E-state index in [0.29, 0.717) is 0 Å². The number of sulfonamides is 1. The van der Waals surface area contributed by atoms with Gasteiger partial charge in [-0.15, -0.1) is 0 Å². The molecule has 0 heterocycles. The van der Waals surface area contributed by atoms with Crippen molar-refractivity contribution in [3.05, 3.63) is 30.3 Å². The van der Waals surface area contributed by atoms with Gasteiger partial charge in [-0.25, -0.2) is 13.1 Å². The number of rotatable bonds is 2. The summed E-state index contributed by atoms with van der Waals surface area (Å²) in [6.45, 7) is 0. The number of nitrogens with one attached hydrogen (secondary N) is 2. The average Bonchev–Trinajstić information content (AvgIpc) is 2.19. The van der Waals surface area contributed by atoms with Crippen LogP contribution in [0.4, 0.5) is 5.69 Å². The summed E-state index contributed by atoms with van der Waals surface area (Å²) in [6, 6.07) is 9.60. The molecule has 0 aliphatic heterocycles. The number of para-hydroxylation sites is 1. The highest BCUT2D eigenvalue weighted by molar-refractivity contribution is 7.88. The van der Waals surface area contributed by atoms with Gasteiger partial charge in [-0.05, 0) is 19.2 Å². The molecule has 4 N–H and O–H groups in total. The van der Waals surface area contributed by atoms with Gasteiger partial charge in [-0.1, -0.05) is 18.2 Å². The first-order valence-electron chi connectivity index (χ1n) is 3.90. The molecule has 0 aromatic heterocycles. The predicted octanol–water partition coefficient (Wildman–Crippen LogP) is 0.138. The van der Waals surface area contributed by atoms with E-state index in [2.05, 4.69) is 10.1 Å². The minimum atomic E-state index is -2.91. The standard InChI is InChI=1S/C6H8N2.C2H7NO2S/c7-8-6-4-2-1-3-5-6;1-3-6(2,4)5/h1-5,8H,7H2;3H,1-2H3. The van der Waals surface area contributed by atoms with Gasteiger partial charge in [-0.2, -0.15) is 0 Å². The summed E-state index contributed by atoms with van der Waals surface area (Å²) in [7, 11) is -1.54. The molecule has 6 heteroatoms. The Kier molecular flexibility index (Phi) is 5.86. The third-order valence-electron chi connectivity index (χ3n) is 1.31. The van der Waals surface area contributed by atoms with Crippen LogP contribution >= 0.6 is 0 Å². The summed E-state index contributed by atoms with van der Waals surface area (Å²) in [6.07, 6.45) is 1.10. The third kappa shape index (κ3) is 7.53. The van der Waals surface area contributed by atoms with Crippen LogP contribution in [0.2, 0.25) is 0 Å². The minimum absolute atomic E-state index is 0.938. The van der Waals surface area contributed by atoms with E-state index in [1.807, 2.05) is 30.3 Å². The summed E-state index contributed by atoms with van der Waals surface area (Å²) in [5.74, 6) is 5.10. The van der Waals surface area contributed by atoms with E-state index in [-0.39, 0.29) is 0 Å². The molecule has 0 fully saturated rings. The van der Waals surface area contributed by atoms with Crippen LogP contribution in [0, 0.1) is 0 Å². The van der Waals surface area contributed by atoms with Crippen molar-refractivity contribution in [2.45, 2.75) is 0 Å². The summed E-state index contributed by atoms with van der Waals surface area (Å²) in [5.41, 5.74) is 3.46. The monoisotopic (exact) mass is 217 g/mol. The van der Waals surface area contributed by atoms with E-state index in [4.69, 9.17) is 5.84 Å². The van der Waals surface area contributed by atoms with Crippen molar-refractivity contribution < 1.29 is 8.42 Å². The van der Waals surface area contributed by atoms with Crippen LogP contribution in [-0.2, 0) is 10.0 Å². The maximum absolute atomic E-state index is 9.89. The van der Waals surface area contributed by atoms with E-state index in [1.54, 1.807) is 0 Å². The molecule has 0 atom stereocenters. The molecule has 80 valence electrons. The number of hydrazine groups is 1. The molecule has 0 unspecified atom stereocenters. The molecule has 1 rings (SSSR count). The SMILES string of the molecule is CNS(C)(=O)=O.NNc1ccccc1. The van der Waals surface area contributed by atoms with Gasteiger partial charge in [0.1, 0.15) is 0 Å². The van der Waals surface area contributed by atoms with Crippen molar-refractivity contribution in [2.24, 2.45) is 5.84 Å². The van der Waals surface area contributed by atoms with Gasteiger partial charge in [0.25, 0.3) is 0 Å². The van der Waals surface area contributed by atoms with Crippen molar-refractivity contribution in [1.82, 2.24) is 4.72 Å². The molecule has 1 aromatic rings. The van der Waals surface area contributed by atoms with E-state index < -0.39 is 10.0 Å². The van der Waals surface area contributed by atoms with E-state index in [1.165, 1.54) is 7.05 Å². The maximum Gasteiger partial charge on any atom is 0.208 e.